The van der Waals surface area contributed by atoms with Crippen LogP contribution in [0.25, 0.3) is 0 Å². The van der Waals surface area contributed by atoms with Gasteiger partial charge in [0, 0.05) is 31.3 Å². The third kappa shape index (κ3) is 6.62. The molecule has 0 radical (unpaired) electrons. The van der Waals surface area contributed by atoms with Crippen LogP contribution >= 0.6 is 11.6 Å². The van der Waals surface area contributed by atoms with Gasteiger partial charge in [-0.05, 0) is 49.9 Å². The van der Waals surface area contributed by atoms with E-state index >= 15 is 0 Å². The second-order valence-corrected chi connectivity index (χ2v) is 9.82. The smallest absolute Gasteiger partial charge is 0.225 e. The van der Waals surface area contributed by atoms with Crippen LogP contribution in [0.4, 0.5) is 0 Å². The molecule has 2 atom stereocenters. The Morgan fingerprint density at radius 1 is 1.09 bits per heavy atom. The van der Waals surface area contributed by atoms with Gasteiger partial charge < -0.3 is 28.7 Å². The van der Waals surface area contributed by atoms with E-state index in [9.17, 15) is 9.59 Å². The molecule has 0 spiro atoms. The van der Waals surface area contributed by atoms with Crippen LogP contribution in [0.5, 0.6) is 5.75 Å². The molecule has 188 valence electrons. The molecule has 4 rings (SSSR count). The lowest BCUT2D eigenvalue weighted by Gasteiger charge is -2.43. The third-order valence-electron chi connectivity index (χ3n) is 6.75. The Kier molecular flexibility index (Phi) is 8.69. The number of ether oxygens (including phenoxy) is 4. The molecule has 0 saturated carbocycles. The fraction of sp³-hybridized carbons (Fsp3) is 0.680. The minimum absolute atomic E-state index is 0.0101. The summed E-state index contributed by atoms with van der Waals surface area (Å²) < 4.78 is 23.5. The van der Waals surface area contributed by atoms with Crippen LogP contribution in [0, 0.1) is 6.92 Å². The summed E-state index contributed by atoms with van der Waals surface area (Å²) in [5, 5.41) is 0.667. The van der Waals surface area contributed by atoms with Gasteiger partial charge in [-0.1, -0.05) is 11.6 Å². The van der Waals surface area contributed by atoms with Crippen LogP contribution in [0.1, 0.15) is 37.7 Å². The Hall–Kier alpha value is -1.87. The Balaban J connectivity index is 1.46. The molecule has 9 heteroatoms. The van der Waals surface area contributed by atoms with Crippen molar-refractivity contribution >= 4 is 23.4 Å². The molecule has 34 heavy (non-hydrogen) atoms. The summed E-state index contributed by atoms with van der Waals surface area (Å²) in [5.74, 6) is 0.688. The summed E-state index contributed by atoms with van der Waals surface area (Å²) in [5.41, 5.74) is -0.0176. The second kappa shape index (κ2) is 11.7. The van der Waals surface area contributed by atoms with Crippen molar-refractivity contribution in [1.82, 2.24) is 9.80 Å². The Bertz CT molecular complexity index is 856. The molecule has 0 aromatic heterocycles. The zero-order valence-electron chi connectivity index (χ0n) is 19.9. The third-order valence-corrected chi connectivity index (χ3v) is 7.17. The Labute approximate surface area is 206 Å². The van der Waals surface area contributed by atoms with Gasteiger partial charge in [0.2, 0.25) is 11.8 Å². The van der Waals surface area contributed by atoms with Gasteiger partial charge in [-0.25, -0.2) is 0 Å². The molecule has 0 aliphatic carbocycles. The van der Waals surface area contributed by atoms with E-state index in [2.05, 4.69) is 0 Å². The normalized spacial score (nSPS) is 25.8. The highest BCUT2D eigenvalue weighted by Gasteiger charge is 2.42. The van der Waals surface area contributed by atoms with Gasteiger partial charge in [-0.15, -0.1) is 0 Å². The first-order valence-corrected chi connectivity index (χ1v) is 12.6. The van der Waals surface area contributed by atoms with Crippen molar-refractivity contribution in [1.29, 1.82) is 0 Å². The molecule has 2 amide bonds. The number of rotatable bonds is 7. The molecule has 8 nitrogen and oxygen atoms in total. The molecule has 0 unspecified atom stereocenters. The summed E-state index contributed by atoms with van der Waals surface area (Å²) in [7, 11) is 0. The lowest BCUT2D eigenvalue weighted by molar-refractivity contribution is -0.168. The first-order chi connectivity index (χ1) is 16.4. The largest absolute Gasteiger partial charge is 0.490 e. The molecule has 3 heterocycles. The number of carbonyl (C=O) groups excluding carboxylic acids is 2. The van der Waals surface area contributed by atoms with Gasteiger partial charge in [0.25, 0.3) is 0 Å². The van der Waals surface area contributed by atoms with Crippen molar-refractivity contribution in [3.05, 3.63) is 28.8 Å². The van der Waals surface area contributed by atoms with Crippen LogP contribution in [0.2, 0.25) is 5.02 Å². The van der Waals surface area contributed by atoms with Crippen molar-refractivity contribution in [3.63, 3.8) is 0 Å². The summed E-state index contributed by atoms with van der Waals surface area (Å²) in [6.07, 6.45) is 3.54. The highest BCUT2D eigenvalue weighted by Crippen LogP contribution is 2.28. The number of carbonyl (C=O) groups is 2. The first-order valence-electron chi connectivity index (χ1n) is 12.2. The maximum atomic E-state index is 13.2. The number of amides is 2. The van der Waals surface area contributed by atoms with Crippen LogP contribution < -0.4 is 4.74 Å². The monoisotopic (exact) mass is 494 g/mol. The molecular formula is C25H35ClN2O6. The lowest BCUT2D eigenvalue weighted by Crippen LogP contribution is -2.59. The summed E-state index contributed by atoms with van der Waals surface area (Å²) in [6, 6.07) is 5.46. The predicted octanol–water partition coefficient (Wildman–Crippen LogP) is 2.83. The van der Waals surface area contributed by atoms with E-state index in [0.717, 1.165) is 24.8 Å². The number of hydrogen-bond donors (Lipinski definition) is 0. The van der Waals surface area contributed by atoms with E-state index in [1.54, 1.807) is 17.0 Å². The topological polar surface area (TPSA) is 77.5 Å². The number of nitrogens with zero attached hydrogens (tertiary/aromatic N) is 2. The highest BCUT2D eigenvalue weighted by atomic mass is 35.5. The number of benzene rings is 1. The first kappa shape index (κ1) is 25.2. The van der Waals surface area contributed by atoms with E-state index in [-0.39, 0.29) is 30.9 Å². The summed E-state index contributed by atoms with van der Waals surface area (Å²) in [6.45, 7) is 6.15. The van der Waals surface area contributed by atoms with Crippen molar-refractivity contribution in [2.24, 2.45) is 0 Å². The molecule has 0 N–H and O–H groups in total. The van der Waals surface area contributed by atoms with E-state index in [1.165, 1.54) is 0 Å². The standard InChI is InChI=1S/C25H35ClN2O6/c1-19-14-21(5-6-22(19)26)33-18-25(16-24(30)27-7-11-31-12-8-27)17-28(9-13-34-25)23(29)15-20-4-2-3-10-32-20/h5-6,14,20H,2-4,7-13,15-18H2,1H3/t20-,25-/m0/s1. The van der Waals surface area contributed by atoms with E-state index in [0.29, 0.717) is 69.8 Å². The molecule has 3 saturated heterocycles. The fourth-order valence-corrected chi connectivity index (χ4v) is 4.83. The van der Waals surface area contributed by atoms with Gasteiger partial charge in [-0.2, -0.15) is 0 Å². The van der Waals surface area contributed by atoms with Crippen LogP contribution in [0.3, 0.4) is 0 Å². The van der Waals surface area contributed by atoms with Gasteiger partial charge in [-0.3, -0.25) is 9.59 Å². The van der Waals surface area contributed by atoms with Crippen molar-refractivity contribution in [3.8, 4) is 5.75 Å². The van der Waals surface area contributed by atoms with Crippen molar-refractivity contribution in [2.75, 3.05) is 59.2 Å². The second-order valence-electron chi connectivity index (χ2n) is 9.41. The number of halogens is 1. The zero-order valence-corrected chi connectivity index (χ0v) is 20.7. The quantitative estimate of drug-likeness (QED) is 0.580. The highest BCUT2D eigenvalue weighted by molar-refractivity contribution is 6.31. The van der Waals surface area contributed by atoms with Crippen LogP contribution in [0.15, 0.2) is 18.2 Å². The van der Waals surface area contributed by atoms with Gasteiger partial charge >= 0.3 is 0 Å². The molecule has 1 aromatic carbocycles. The maximum absolute atomic E-state index is 13.2. The molecule has 3 aliphatic rings. The number of morpholine rings is 2. The van der Waals surface area contributed by atoms with Crippen molar-refractivity contribution in [2.45, 2.75) is 50.7 Å². The average molecular weight is 495 g/mol. The Morgan fingerprint density at radius 2 is 1.88 bits per heavy atom. The zero-order chi connectivity index (χ0) is 24.0. The molecule has 0 bridgehead atoms. The maximum Gasteiger partial charge on any atom is 0.225 e. The lowest BCUT2D eigenvalue weighted by atomic mass is 9.96. The number of hydrogen-bond acceptors (Lipinski definition) is 6. The predicted molar refractivity (Wildman–Crippen MR) is 127 cm³/mol. The summed E-state index contributed by atoms with van der Waals surface area (Å²) in [4.78, 5) is 29.9. The van der Waals surface area contributed by atoms with Gasteiger partial charge in [0.1, 0.15) is 18.0 Å². The Morgan fingerprint density at radius 3 is 2.62 bits per heavy atom. The minimum atomic E-state index is -0.926. The van der Waals surface area contributed by atoms with Crippen LogP contribution in [-0.4, -0.2) is 92.5 Å². The van der Waals surface area contributed by atoms with Crippen LogP contribution in [-0.2, 0) is 23.8 Å². The van der Waals surface area contributed by atoms with Gasteiger partial charge in [0.15, 0.2) is 0 Å². The van der Waals surface area contributed by atoms with Gasteiger partial charge in [0.05, 0.1) is 45.3 Å². The van der Waals surface area contributed by atoms with E-state index in [4.69, 9.17) is 30.5 Å². The summed E-state index contributed by atoms with van der Waals surface area (Å²) >= 11 is 6.15. The average Bonchev–Trinajstić information content (AvgIpc) is 2.86. The van der Waals surface area contributed by atoms with Crippen molar-refractivity contribution < 1.29 is 28.5 Å². The fourth-order valence-electron chi connectivity index (χ4n) is 4.72. The minimum Gasteiger partial charge on any atom is -0.490 e. The SMILES string of the molecule is Cc1cc(OC[C@]2(CC(=O)N3CCOCC3)CN(C(=O)C[C@@H]3CCCCO3)CCO2)ccc1Cl. The molecular weight excluding hydrogens is 460 g/mol. The van der Waals surface area contributed by atoms with E-state index in [1.807, 2.05) is 17.9 Å². The van der Waals surface area contributed by atoms with E-state index < -0.39 is 5.60 Å². The molecule has 1 aromatic rings. The number of aryl methyl sites for hydroxylation is 1. The molecule has 3 fully saturated rings. The molecule has 3 aliphatic heterocycles.